The fourth-order valence-corrected chi connectivity index (χ4v) is 12.1. The number of methoxy groups -OCH3 is 1. The molecule has 0 unspecified atom stereocenters. The van der Waals surface area contributed by atoms with Crippen LogP contribution in [0.3, 0.4) is 0 Å². The molecule has 0 radical (unpaired) electrons. The van der Waals surface area contributed by atoms with E-state index in [0.717, 1.165) is 101 Å². The van der Waals surface area contributed by atoms with E-state index in [1.165, 1.54) is 0 Å². The third kappa shape index (κ3) is 23.4. The quantitative estimate of drug-likeness (QED) is 0.0292. The summed E-state index contributed by atoms with van der Waals surface area (Å²) in [4.78, 5) is 97.4. The maximum atomic E-state index is 12.7. The molecule has 0 bridgehead atoms. The minimum Gasteiger partial charge on any atom is -0.497 e. The Hall–Kier alpha value is -12.7. The number of aryl methyl sites for hydroxylation is 4. The smallest absolute Gasteiger partial charge is 0.355 e. The summed E-state index contributed by atoms with van der Waals surface area (Å²) in [6.07, 6.45) is 6.65. The van der Waals surface area contributed by atoms with Crippen molar-refractivity contribution in [3.63, 3.8) is 0 Å². The van der Waals surface area contributed by atoms with Gasteiger partial charge in [-0.15, -0.1) is 0 Å². The third-order valence-corrected chi connectivity index (χ3v) is 16.8. The van der Waals surface area contributed by atoms with E-state index in [-0.39, 0.29) is 29.8 Å². The fourth-order valence-electron chi connectivity index (χ4n) is 11.9. The molecule has 12 rings (SSSR count). The number of carbonyl (C=O) groups is 4. The van der Waals surface area contributed by atoms with Gasteiger partial charge in [0.1, 0.15) is 63.3 Å². The maximum Gasteiger partial charge on any atom is 0.355 e. The highest BCUT2D eigenvalue weighted by Crippen LogP contribution is 2.36. The van der Waals surface area contributed by atoms with Crippen LogP contribution in [0, 0.1) is 55.4 Å². The molecular weight excluding hydrogens is 1450 g/mol. The molecule has 4 aromatic carbocycles. The molecule has 27 heteroatoms. The Bertz CT molecular complexity index is 5370. The first-order valence-corrected chi connectivity index (χ1v) is 36.8. The number of rotatable bonds is 18. The van der Waals surface area contributed by atoms with E-state index in [0.29, 0.717) is 75.0 Å². The summed E-state index contributed by atoms with van der Waals surface area (Å²) >= 11 is 6.03. The summed E-state index contributed by atoms with van der Waals surface area (Å²) in [7, 11) is 1.62. The van der Waals surface area contributed by atoms with Crippen molar-refractivity contribution in [3.8, 4) is 56.5 Å². The van der Waals surface area contributed by atoms with Crippen LogP contribution < -0.4 is 31.2 Å². The molecule has 590 valence electrons. The number of benzene rings is 4. The lowest BCUT2D eigenvalue weighted by Crippen LogP contribution is -2.24. The van der Waals surface area contributed by atoms with E-state index in [9.17, 15) is 19.2 Å². The van der Waals surface area contributed by atoms with Gasteiger partial charge in [0.25, 0.3) is 0 Å². The van der Waals surface area contributed by atoms with Gasteiger partial charge >= 0.3 is 23.9 Å². The second kappa shape index (κ2) is 36.0. The van der Waals surface area contributed by atoms with Crippen molar-refractivity contribution < 1.29 is 47.6 Å². The van der Waals surface area contributed by atoms with Crippen molar-refractivity contribution in [2.75, 3.05) is 28.8 Å². The average Bonchev–Trinajstić information content (AvgIpc) is 1.67. The fraction of sp³-hybridized carbons (Fsp3) is 0.302. The van der Waals surface area contributed by atoms with Gasteiger partial charge in [0, 0.05) is 104 Å². The van der Waals surface area contributed by atoms with Crippen LogP contribution in [0.4, 0.5) is 40.9 Å². The van der Waals surface area contributed by atoms with E-state index in [2.05, 4.69) is 70.8 Å². The first kappa shape index (κ1) is 84.3. The average molecular weight is 1550 g/mol. The minimum absolute atomic E-state index is 0.200. The summed E-state index contributed by atoms with van der Waals surface area (Å²) in [6.45, 7) is 37.7. The molecule has 0 fully saturated rings. The molecule has 0 saturated heterocycles. The molecule has 8 heterocycles. The van der Waals surface area contributed by atoms with Gasteiger partial charge in [-0.1, -0.05) is 60.1 Å². The molecule has 12 aromatic rings. The van der Waals surface area contributed by atoms with E-state index in [1.54, 1.807) is 50.1 Å². The van der Waals surface area contributed by atoms with Crippen LogP contribution in [-0.4, -0.2) is 113 Å². The molecule has 0 aliphatic carbocycles. The van der Waals surface area contributed by atoms with Crippen molar-refractivity contribution in [2.45, 2.75) is 167 Å². The molecule has 8 aromatic heterocycles. The summed E-state index contributed by atoms with van der Waals surface area (Å²) in [6, 6.07) is 39.8. The SMILES string of the molecule is COc1cccc(Nc2nccc(-c3c(C)[nH]c(C(=O)OC(C)(C)C)c3C)n2)c1.Cc1[nH]c(C(=O)OC(C)(C)C)c(C)c1-c1ccnc(N)n1.Cc1[nH]c(C(=O)OC(C)(C)C)c(C)c1-c1ccnc(Nc2cccc(Cl)c2)n1.Cc1[nH]c(C(=O)OC(C)(C)C)c(C)c1-c1ccnc(Nc2cccc(OCc3ccccc3)c2)n1. The van der Waals surface area contributed by atoms with Gasteiger partial charge in [0.15, 0.2) is 0 Å². The van der Waals surface area contributed by atoms with Gasteiger partial charge in [-0.3, -0.25) is 0 Å². The van der Waals surface area contributed by atoms with Crippen LogP contribution in [-0.2, 0) is 25.6 Å². The predicted molar refractivity (Wildman–Crippen MR) is 442 cm³/mol. The lowest BCUT2D eigenvalue weighted by molar-refractivity contribution is 0.00502. The lowest BCUT2D eigenvalue weighted by atomic mass is 10.1. The zero-order valence-corrected chi connectivity index (χ0v) is 68.5. The van der Waals surface area contributed by atoms with E-state index < -0.39 is 22.4 Å². The Morgan fingerprint density at radius 3 is 1.03 bits per heavy atom. The molecule has 0 aliphatic rings. The molecule has 0 spiro atoms. The normalized spacial score (nSPS) is 11.3. The number of nitrogens with zero attached hydrogens (tertiary/aromatic N) is 8. The number of nitrogens with two attached hydrogens (primary N) is 1. The highest BCUT2D eigenvalue weighted by Gasteiger charge is 2.30. The Kier molecular flexibility index (Phi) is 26.8. The summed E-state index contributed by atoms with van der Waals surface area (Å²) in [5.41, 5.74) is 21.4. The molecular formula is C86H99ClN16O10. The Morgan fingerprint density at radius 1 is 0.389 bits per heavy atom. The van der Waals surface area contributed by atoms with E-state index >= 15 is 0 Å². The van der Waals surface area contributed by atoms with Gasteiger partial charge in [0.2, 0.25) is 23.8 Å². The Labute approximate surface area is 663 Å². The number of aromatic amines is 4. The number of aromatic nitrogens is 12. The van der Waals surface area contributed by atoms with Crippen LogP contribution in [0.2, 0.25) is 5.02 Å². The summed E-state index contributed by atoms with van der Waals surface area (Å²) < 4.78 is 33.1. The van der Waals surface area contributed by atoms with Crippen molar-refractivity contribution >= 4 is 76.3 Å². The number of ether oxygens (including phenoxy) is 6. The second-order valence-corrected chi connectivity index (χ2v) is 31.0. The molecule has 113 heavy (non-hydrogen) atoms. The van der Waals surface area contributed by atoms with Crippen molar-refractivity contribution in [2.24, 2.45) is 0 Å². The van der Waals surface area contributed by atoms with Gasteiger partial charge in [-0.2, -0.15) is 0 Å². The molecule has 0 saturated carbocycles. The maximum absolute atomic E-state index is 12.7. The first-order valence-electron chi connectivity index (χ1n) is 36.5. The molecule has 0 aliphatic heterocycles. The van der Waals surface area contributed by atoms with Gasteiger partial charge < -0.3 is 70.0 Å². The first-order chi connectivity index (χ1) is 53.2. The standard InChI is InChI=1S/C28H30N4O3.C22H26N4O3.C21H23ClN4O2.C15H20N4O2/c1-18-24(19(2)30-25(18)26(33)35-28(3,4)5)23-14-15-29-27(32-23)31-21-12-9-13-22(16-21)34-17-20-10-7-6-8-11-20;1-13-18(14(2)24-19(13)20(27)29-22(3,4)5)17-10-11-23-21(26-17)25-15-8-7-9-16(12-15)28-6;1-12-17(13(2)24-18(12)19(27)28-21(3,4)5)16-9-10-23-20(26-16)25-15-8-6-7-14(22)11-15;1-8-11(10-6-7-17-14(16)19-10)9(2)18-12(8)13(20)21-15(3,4)5/h6-16,30H,17H2,1-5H3,(H,29,31,32);7-12,24H,1-6H3,(H,23,25,26);6-11,24H,1-5H3,(H,23,25,26);6-7,18H,1-5H3,(H2,16,17,19). The highest BCUT2D eigenvalue weighted by molar-refractivity contribution is 6.30. The van der Waals surface area contributed by atoms with Crippen molar-refractivity contribution in [1.29, 1.82) is 0 Å². The van der Waals surface area contributed by atoms with Crippen molar-refractivity contribution in [1.82, 2.24) is 59.8 Å². The van der Waals surface area contributed by atoms with Crippen molar-refractivity contribution in [3.05, 3.63) is 231 Å². The third-order valence-electron chi connectivity index (χ3n) is 16.6. The van der Waals surface area contributed by atoms with Gasteiger partial charge in [0.05, 0.1) is 29.9 Å². The molecule has 0 atom stereocenters. The molecule has 26 nitrogen and oxygen atoms in total. The number of hydrogen-bond acceptors (Lipinski definition) is 22. The number of halogens is 1. The number of H-pyrrole nitrogens is 4. The van der Waals surface area contributed by atoms with Crippen LogP contribution >= 0.6 is 11.6 Å². The van der Waals surface area contributed by atoms with Crippen LogP contribution in [0.15, 0.2) is 152 Å². The van der Waals surface area contributed by atoms with Gasteiger partial charge in [-0.05, 0) is 233 Å². The predicted octanol–water partition coefficient (Wildman–Crippen LogP) is 19.2. The lowest BCUT2D eigenvalue weighted by Gasteiger charge is -2.19. The van der Waals surface area contributed by atoms with Crippen LogP contribution in [0.5, 0.6) is 11.5 Å². The largest absolute Gasteiger partial charge is 0.497 e. The Morgan fingerprint density at radius 2 is 0.699 bits per heavy atom. The van der Waals surface area contributed by atoms with Crippen LogP contribution in [0.25, 0.3) is 45.0 Å². The topological polar surface area (TPSA) is 352 Å². The van der Waals surface area contributed by atoms with Gasteiger partial charge in [-0.25, -0.2) is 59.0 Å². The second-order valence-electron chi connectivity index (χ2n) is 30.5. The number of carbonyl (C=O) groups excluding carboxylic acids is 4. The van der Waals surface area contributed by atoms with E-state index in [4.69, 9.17) is 50.7 Å². The zero-order valence-electron chi connectivity index (χ0n) is 67.8. The number of anilines is 7. The Balaban J connectivity index is 0.000000175. The molecule has 9 N–H and O–H groups in total. The van der Waals surface area contributed by atoms with Crippen LogP contribution in [0.1, 0.15) is 176 Å². The summed E-state index contributed by atoms with van der Waals surface area (Å²) in [5.74, 6) is 1.50. The number of hydrogen-bond donors (Lipinski definition) is 8. The van der Waals surface area contributed by atoms with E-state index in [1.807, 2.05) is 248 Å². The number of esters is 4. The highest BCUT2D eigenvalue weighted by atomic mass is 35.5. The minimum atomic E-state index is -0.575. The zero-order chi connectivity index (χ0) is 82.4. The summed E-state index contributed by atoms with van der Waals surface area (Å²) in [5, 5.41) is 10.2. The molecule has 0 amide bonds. The monoisotopic (exact) mass is 1550 g/mol. The number of nitrogen functional groups attached to an aromatic ring is 1. The number of nitrogens with one attached hydrogen (secondary N) is 7.